The van der Waals surface area contributed by atoms with Gasteiger partial charge in [0.2, 0.25) is 0 Å². The number of rotatable bonds is 2. The highest BCUT2D eigenvalue weighted by Gasteiger charge is 2.22. The number of alkyl halides is 2. The molecule has 3 nitrogen and oxygen atoms in total. The molecule has 0 aromatic carbocycles. The smallest absolute Gasteiger partial charge is 0.355 e. The summed E-state index contributed by atoms with van der Waals surface area (Å²) in [6.45, 7) is 1.44. The third-order valence-electron chi connectivity index (χ3n) is 1.65. The molecule has 0 aliphatic rings. The van der Waals surface area contributed by atoms with Crippen molar-refractivity contribution in [3.05, 3.63) is 26.6 Å². The topological polar surface area (TPSA) is 50.2 Å². The van der Waals surface area contributed by atoms with Crippen LogP contribution in [0.5, 0.6) is 0 Å². The Labute approximate surface area is 92.3 Å². The van der Waals surface area contributed by atoms with E-state index in [9.17, 15) is 13.6 Å². The first-order valence-corrected chi connectivity index (χ1v) is 4.70. The Morgan fingerprint density at radius 3 is 2.64 bits per heavy atom. The summed E-state index contributed by atoms with van der Waals surface area (Å²) in [5, 5.41) is 8.66. The molecule has 0 bridgehead atoms. The average molecular weight is 313 g/mol. The van der Waals surface area contributed by atoms with Gasteiger partial charge in [-0.15, -0.1) is 0 Å². The molecule has 0 radical (unpaired) electrons. The standard InChI is InChI=1S/C8H6F2INO2/c1-3-2-4(11)12-6(8(13)14)5(3)7(9)10/h2,7H,1H3,(H,13,14). The van der Waals surface area contributed by atoms with Gasteiger partial charge in [-0.2, -0.15) is 0 Å². The fourth-order valence-electron chi connectivity index (χ4n) is 1.08. The van der Waals surface area contributed by atoms with Gasteiger partial charge in [0.25, 0.3) is 6.43 Å². The van der Waals surface area contributed by atoms with Crippen molar-refractivity contribution in [2.45, 2.75) is 13.3 Å². The summed E-state index contributed by atoms with van der Waals surface area (Å²) in [4.78, 5) is 14.2. The van der Waals surface area contributed by atoms with Crippen molar-refractivity contribution >= 4 is 28.6 Å². The second-order valence-corrected chi connectivity index (χ2v) is 3.74. The second-order valence-electron chi connectivity index (χ2n) is 2.63. The minimum atomic E-state index is -2.81. The number of carboxylic acid groups (broad SMARTS) is 1. The molecule has 0 fully saturated rings. The molecule has 0 aliphatic heterocycles. The van der Waals surface area contributed by atoms with Crippen LogP contribution in [0.4, 0.5) is 8.78 Å². The first kappa shape index (κ1) is 11.3. The van der Waals surface area contributed by atoms with Crippen LogP contribution in [0.25, 0.3) is 0 Å². The van der Waals surface area contributed by atoms with Gasteiger partial charge in [-0.05, 0) is 41.1 Å². The fourth-order valence-corrected chi connectivity index (χ4v) is 1.79. The maximum atomic E-state index is 12.5. The summed E-state index contributed by atoms with van der Waals surface area (Å²) in [6.07, 6.45) is -2.81. The molecule has 14 heavy (non-hydrogen) atoms. The predicted molar refractivity (Wildman–Crippen MR) is 53.6 cm³/mol. The number of aromatic carboxylic acids is 1. The Morgan fingerprint density at radius 2 is 2.21 bits per heavy atom. The zero-order valence-electron chi connectivity index (χ0n) is 7.09. The van der Waals surface area contributed by atoms with Crippen molar-refractivity contribution in [3.63, 3.8) is 0 Å². The Balaban J connectivity index is 3.44. The first-order chi connectivity index (χ1) is 6.43. The number of carboxylic acids is 1. The molecule has 0 aliphatic carbocycles. The number of hydrogen-bond acceptors (Lipinski definition) is 2. The lowest BCUT2D eigenvalue weighted by molar-refractivity contribution is 0.0676. The number of nitrogens with zero attached hydrogens (tertiary/aromatic N) is 1. The third-order valence-corrected chi connectivity index (χ3v) is 2.21. The Morgan fingerprint density at radius 1 is 1.64 bits per heavy atom. The molecule has 0 spiro atoms. The second kappa shape index (κ2) is 4.16. The van der Waals surface area contributed by atoms with E-state index in [4.69, 9.17) is 5.11 Å². The molecule has 1 aromatic heterocycles. The highest BCUT2D eigenvalue weighted by atomic mass is 127. The zero-order valence-corrected chi connectivity index (χ0v) is 9.25. The lowest BCUT2D eigenvalue weighted by Crippen LogP contribution is -2.09. The van der Waals surface area contributed by atoms with Crippen LogP contribution in [0, 0.1) is 10.6 Å². The summed E-state index contributed by atoms with van der Waals surface area (Å²) in [5.74, 6) is -1.43. The summed E-state index contributed by atoms with van der Waals surface area (Å²) in [5.41, 5.74) is -0.820. The Kier molecular flexibility index (Phi) is 3.35. The summed E-state index contributed by atoms with van der Waals surface area (Å²) < 4.78 is 25.3. The van der Waals surface area contributed by atoms with Crippen molar-refractivity contribution in [2.24, 2.45) is 0 Å². The number of aryl methyl sites for hydroxylation is 1. The molecule has 1 N–H and O–H groups in total. The van der Waals surface area contributed by atoms with E-state index >= 15 is 0 Å². The minimum absolute atomic E-state index is 0.247. The van der Waals surface area contributed by atoms with Crippen molar-refractivity contribution < 1.29 is 18.7 Å². The Bertz CT molecular complexity index is 382. The molecular formula is C8H6F2INO2. The number of hydrogen-bond donors (Lipinski definition) is 1. The van der Waals surface area contributed by atoms with Gasteiger partial charge in [-0.25, -0.2) is 18.6 Å². The van der Waals surface area contributed by atoms with Crippen LogP contribution in [-0.4, -0.2) is 16.1 Å². The van der Waals surface area contributed by atoms with Crippen molar-refractivity contribution in [1.82, 2.24) is 4.98 Å². The molecule has 1 heterocycles. The number of carbonyl (C=O) groups is 1. The van der Waals surface area contributed by atoms with Gasteiger partial charge in [0.15, 0.2) is 5.69 Å². The Hall–Kier alpha value is -0.790. The van der Waals surface area contributed by atoms with Crippen LogP contribution in [-0.2, 0) is 0 Å². The number of pyridine rings is 1. The number of halogens is 3. The highest BCUT2D eigenvalue weighted by molar-refractivity contribution is 14.1. The molecule has 6 heteroatoms. The van der Waals surface area contributed by atoms with E-state index in [-0.39, 0.29) is 5.56 Å². The van der Waals surface area contributed by atoms with Crippen LogP contribution < -0.4 is 0 Å². The van der Waals surface area contributed by atoms with Crippen LogP contribution in [0.15, 0.2) is 6.07 Å². The van der Waals surface area contributed by atoms with Gasteiger partial charge >= 0.3 is 5.97 Å². The molecule has 76 valence electrons. The van der Waals surface area contributed by atoms with E-state index < -0.39 is 23.7 Å². The van der Waals surface area contributed by atoms with Crippen LogP contribution in [0.3, 0.4) is 0 Å². The quantitative estimate of drug-likeness (QED) is 0.674. The SMILES string of the molecule is Cc1cc(I)nc(C(=O)O)c1C(F)F. The van der Waals surface area contributed by atoms with E-state index in [1.807, 2.05) is 0 Å². The van der Waals surface area contributed by atoms with Gasteiger partial charge < -0.3 is 5.11 Å². The zero-order chi connectivity index (χ0) is 10.9. The number of aromatic nitrogens is 1. The van der Waals surface area contributed by atoms with Crippen molar-refractivity contribution in [3.8, 4) is 0 Å². The molecular weight excluding hydrogens is 307 g/mol. The van der Waals surface area contributed by atoms with Gasteiger partial charge in [0.05, 0.1) is 5.56 Å². The van der Waals surface area contributed by atoms with Gasteiger partial charge in [0, 0.05) is 0 Å². The molecule has 1 rings (SSSR count). The van der Waals surface area contributed by atoms with E-state index in [0.717, 1.165) is 0 Å². The van der Waals surface area contributed by atoms with Crippen molar-refractivity contribution in [1.29, 1.82) is 0 Å². The minimum Gasteiger partial charge on any atom is -0.476 e. The molecule has 1 aromatic rings. The summed E-state index contributed by atoms with van der Waals surface area (Å²) in [7, 11) is 0. The highest BCUT2D eigenvalue weighted by Crippen LogP contribution is 2.26. The van der Waals surface area contributed by atoms with Crippen LogP contribution in [0.2, 0.25) is 0 Å². The van der Waals surface area contributed by atoms with E-state index in [1.165, 1.54) is 13.0 Å². The largest absolute Gasteiger partial charge is 0.476 e. The lowest BCUT2D eigenvalue weighted by atomic mass is 10.1. The van der Waals surface area contributed by atoms with Gasteiger partial charge in [-0.3, -0.25) is 0 Å². The predicted octanol–water partition coefficient (Wildman–Crippen LogP) is 2.63. The van der Waals surface area contributed by atoms with Gasteiger partial charge in [-0.1, -0.05) is 0 Å². The summed E-state index contributed by atoms with van der Waals surface area (Å²) >= 11 is 1.79. The first-order valence-electron chi connectivity index (χ1n) is 3.62. The van der Waals surface area contributed by atoms with Crippen LogP contribution in [0.1, 0.15) is 28.0 Å². The molecule has 0 saturated heterocycles. The van der Waals surface area contributed by atoms with E-state index in [2.05, 4.69) is 4.98 Å². The van der Waals surface area contributed by atoms with E-state index in [1.54, 1.807) is 22.6 Å². The molecule has 0 unspecified atom stereocenters. The fraction of sp³-hybridized carbons (Fsp3) is 0.250. The maximum Gasteiger partial charge on any atom is 0.355 e. The van der Waals surface area contributed by atoms with Gasteiger partial charge in [0.1, 0.15) is 3.70 Å². The normalized spacial score (nSPS) is 10.6. The third kappa shape index (κ3) is 2.17. The summed E-state index contributed by atoms with van der Waals surface area (Å²) in [6, 6.07) is 1.43. The maximum absolute atomic E-state index is 12.5. The molecule has 0 atom stereocenters. The molecule has 0 saturated carbocycles. The van der Waals surface area contributed by atoms with Crippen LogP contribution >= 0.6 is 22.6 Å². The average Bonchev–Trinajstić information content (AvgIpc) is 2.01. The lowest BCUT2D eigenvalue weighted by Gasteiger charge is -2.08. The van der Waals surface area contributed by atoms with Crippen molar-refractivity contribution in [2.75, 3.05) is 0 Å². The molecule has 0 amide bonds. The monoisotopic (exact) mass is 313 g/mol. The van der Waals surface area contributed by atoms with E-state index in [0.29, 0.717) is 3.70 Å².